The maximum absolute atomic E-state index is 11.4. The second kappa shape index (κ2) is 5.35. The molecule has 0 radical (unpaired) electrons. The maximum atomic E-state index is 11.4. The number of hydrogen-bond donors (Lipinski definition) is 1. The van der Waals surface area contributed by atoms with Gasteiger partial charge < -0.3 is 5.11 Å². The topological polar surface area (TPSA) is 55.1 Å². The SMILES string of the molecule is CCc1nn(-c2ccc(C(C)(C)C)cc2)c(C)c1C(=O)O. The van der Waals surface area contributed by atoms with E-state index in [1.165, 1.54) is 5.56 Å². The molecule has 0 atom stereocenters. The highest BCUT2D eigenvalue weighted by molar-refractivity contribution is 5.90. The summed E-state index contributed by atoms with van der Waals surface area (Å²) in [7, 11) is 0. The largest absolute Gasteiger partial charge is 0.478 e. The third kappa shape index (κ3) is 2.84. The molecule has 0 saturated carbocycles. The number of aryl methyl sites for hydroxylation is 1. The minimum absolute atomic E-state index is 0.0957. The number of rotatable bonds is 3. The lowest BCUT2D eigenvalue weighted by molar-refractivity contribution is 0.0695. The van der Waals surface area contributed by atoms with Crippen LogP contribution in [0, 0.1) is 6.92 Å². The van der Waals surface area contributed by atoms with Crippen LogP contribution < -0.4 is 0 Å². The quantitative estimate of drug-likeness (QED) is 0.935. The molecule has 0 amide bonds. The molecule has 2 aromatic rings. The molecule has 112 valence electrons. The van der Waals surface area contributed by atoms with Gasteiger partial charge in [-0.15, -0.1) is 0 Å². The van der Waals surface area contributed by atoms with Gasteiger partial charge in [0.05, 0.1) is 17.1 Å². The van der Waals surface area contributed by atoms with E-state index in [9.17, 15) is 9.90 Å². The number of aromatic carboxylic acids is 1. The van der Waals surface area contributed by atoms with E-state index in [0.717, 1.165) is 5.69 Å². The van der Waals surface area contributed by atoms with Crippen LogP contribution in [-0.2, 0) is 11.8 Å². The molecule has 2 rings (SSSR count). The van der Waals surface area contributed by atoms with Crippen molar-refractivity contribution in [3.8, 4) is 5.69 Å². The summed E-state index contributed by atoms with van der Waals surface area (Å²) in [6, 6.07) is 8.13. The molecular weight excluding hydrogens is 264 g/mol. The fourth-order valence-electron chi connectivity index (χ4n) is 2.44. The zero-order valence-corrected chi connectivity index (χ0v) is 13.3. The first-order valence-corrected chi connectivity index (χ1v) is 7.18. The minimum atomic E-state index is -0.915. The number of hydrogen-bond acceptors (Lipinski definition) is 2. The van der Waals surface area contributed by atoms with Crippen molar-refractivity contribution >= 4 is 5.97 Å². The van der Waals surface area contributed by atoms with Crippen molar-refractivity contribution in [2.24, 2.45) is 0 Å². The fourth-order valence-corrected chi connectivity index (χ4v) is 2.44. The molecule has 0 saturated heterocycles. The van der Waals surface area contributed by atoms with Crippen LogP contribution in [0.15, 0.2) is 24.3 Å². The summed E-state index contributed by atoms with van der Waals surface area (Å²) >= 11 is 0. The Hall–Kier alpha value is -2.10. The van der Waals surface area contributed by atoms with Crippen LogP contribution in [0.25, 0.3) is 5.69 Å². The lowest BCUT2D eigenvalue weighted by atomic mass is 9.87. The summed E-state index contributed by atoms with van der Waals surface area (Å²) < 4.78 is 1.72. The van der Waals surface area contributed by atoms with Crippen molar-refractivity contribution < 1.29 is 9.90 Å². The van der Waals surface area contributed by atoms with Gasteiger partial charge in [0.1, 0.15) is 5.56 Å². The van der Waals surface area contributed by atoms with Gasteiger partial charge in [-0.05, 0) is 36.5 Å². The molecule has 0 fully saturated rings. The standard InChI is InChI=1S/C17H22N2O2/c1-6-14-15(16(20)21)11(2)19(18-14)13-9-7-12(8-10-13)17(3,4)5/h7-10H,6H2,1-5H3,(H,20,21). The van der Waals surface area contributed by atoms with E-state index < -0.39 is 5.97 Å². The van der Waals surface area contributed by atoms with E-state index in [0.29, 0.717) is 23.4 Å². The molecule has 0 aliphatic carbocycles. The first kappa shape index (κ1) is 15.3. The zero-order valence-electron chi connectivity index (χ0n) is 13.3. The third-order valence-corrected chi connectivity index (χ3v) is 3.72. The van der Waals surface area contributed by atoms with Crippen LogP contribution in [0.3, 0.4) is 0 Å². The fraction of sp³-hybridized carbons (Fsp3) is 0.412. The molecule has 21 heavy (non-hydrogen) atoms. The number of carboxylic acid groups (broad SMARTS) is 1. The molecule has 0 aliphatic rings. The van der Waals surface area contributed by atoms with E-state index in [2.05, 4.69) is 38.0 Å². The van der Waals surface area contributed by atoms with E-state index >= 15 is 0 Å². The second-order valence-corrected chi connectivity index (χ2v) is 6.27. The Morgan fingerprint density at radius 1 is 1.24 bits per heavy atom. The Kier molecular flexibility index (Phi) is 3.90. The van der Waals surface area contributed by atoms with Crippen LogP contribution in [0.5, 0.6) is 0 Å². The summed E-state index contributed by atoms with van der Waals surface area (Å²) in [6.45, 7) is 10.2. The Labute approximate surface area is 125 Å². The number of nitrogens with zero attached hydrogens (tertiary/aromatic N) is 2. The smallest absolute Gasteiger partial charge is 0.339 e. The summed E-state index contributed by atoms with van der Waals surface area (Å²) in [6.07, 6.45) is 0.607. The molecular formula is C17H22N2O2. The van der Waals surface area contributed by atoms with Crippen molar-refractivity contribution in [2.75, 3.05) is 0 Å². The van der Waals surface area contributed by atoms with Crippen LogP contribution >= 0.6 is 0 Å². The highest BCUT2D eigenvalue weighted by Crippen LogP contribution is 2.24. The van der Waals surface area contributed by atoms with Gasteiger partial charge in [0.2, 0.25) is 0 Å². The van der Waals surface area contributed by atoms with Gasteiger partial charge >= 0.3 is 5.97 Å². The van der Waals surface area contributed by atoms with Gasteiger partial charge in [0.25, 0.3) is 0 Å². The van der Waals surface area contributed by atoms with Gasteiger partial charge in [0.15, 0.2) is 0 Å². The molecule has 1 N–H and O–H groups in total. The molecule has 4 heteroatoms. The Morgan fingerprint density at radius 2 is 1.81 bits per heavy atom. The van der Waals surface area contributed by atoms with Gasteiger partial charge in [-0.25, -0.2) is 9.48 Å². The average molecular weight is 286 g/mol. The Bertz CT molecular complexity index is 661. The van der Waals surface area contributed by atoms with Gasteiger partial charge in [0, 0.05) is 0 Å². The highest BCUT2D eigenvalue weighted by atomic mass is 16.4. The lowest BCUT2D eigenvalue weighted by Crippen LogP contribution is -2.11. The van der Waals surface area contributed by atoms with E-state index in [4.69, 9.17) is 0 Å². The van der Waals surface area contributed by atoms with Crippen molar-refractivity contribution in [2.45, 2.75) is 46.5 Å². The normalized spacial score (nSPS) is 11.7. The first-order chi connectivity index (χ1) is 9.75. The summed E-state index contributed by atoms with van der Waals surface area (Å²) in [4.78, 5) is 11.4. The monoisotopic (exact) mass is 286 g/mol. The predicted molar refractivity (Wildman–Crippen MR) is 83.3 cm³/mol. The molecule has 0 spiro atoms. The minimum Gasteiger partial charge on any atom is -0.478 e. The molecule has 4 nitrogen and oxygen atoms in total. The molecule has 1 aromatic heterocycles. The summed E-state index contributed by atoms with van der Waals surface area (Å²) in [5.41, 5.74) is 3.84. The van der Waals surface area contributed by atoms with E-state index in [1.54, 1.807) is 11.6 Å². The predicted octanol–water partition coefficient (Wildman–Crippen LogP) is 3.74. The van der Waals surface area contributed by atoms with Crippen LogP contribution in [0.1, 0.15) is 55.0 Å². The van der Waals surface area contributed by atoms with Gasteiger partial charge in [-0.3, -0.25) is 0 Å². The molecule has 0 bridgehead atoms. The number of carbonyl (C=O) groups is 1. The molecule has 0 aliphatic heterocycles. The average Bonchev–Trinajstić information content (AvgIpc) is 2.75. The van der Waals surface area contributed by atoms with E-state index in [-0.39, 0.29) is 5.41 Å². The van der Waals surface area contributed by atoms with Crippen molar-refractivity contribution in [1.29, 1.82) is 0 Å². The zero-order chi connectivity index (χ0) is 15.8. The van der Waals surface area contributed by atoms with Gasteiger partial charge in [-0.1, -0.05) is 39.8 Å². The van der Waals surface area contributed by atoms with Gasteiger partial charge in [-0.2, -0.15) is 5.10 Å². The number of benzene rings is 1. The highest BCUT2D eigenvalue weighted by Gasteiger charge is 2.20. The van der Waals surface area contributed by atoms with Crippen molar-refractivity contribution in [3.63, 3.8) is 0 Å². The molecule has 1 aromatic carbocycles. The number of aromatic nitrogens is 2. The van der Waals surface area contributed by atoms with Crippen LogP contribution in [0.2, 0.25) is 0 Å². The second-order valence-electron chi connectivity index (χ2n) is 6.27. The number of carboxylic acids is 1. The maximum Gasteiger partial charge on any atom is 0.339 e. The summed E-state index contributed by atoms with van der Waals surface area (Å²) in [5.74, 6) is -0.915. The van der Waals surface area contributed by atoms with Crippen LogP contribution in [0.4, 0.5) is 0 Å². The molecule has 1 heterocycles. The van der Waals surface area contributed by atoms with Crippen molar-refractivity contribution in [3.05, 3.63) is 46.8 Å². The van der Waals surface area contributed by atoms with Crippen LogP contribution in [-0.4, -0.2) is 20.9 Å². The lowest BCUT2D eigenvalue weighted by Gasteiger charge is -2.19. The van der Waals surface area contributed by atoms with E-state index in [1.807, 2.05) is 19.1 Å². The first-order valence-electron chi connectivity index (χ1n) is 7.18. The third-order valence-electron chi connectivity index (χ3n) is 3.72. The summed E-state index contributed by atoms with van der Waals surface area (Å²) in [5, 5.41) is 13.8. The Balaban J connectivity index is 2.50. The van der Waals surface area contributed by atoms with Crippen molar-refractivity contribution in [1.82, 2.24) is 9.78 Å². The molecule has 0 unspecified atom stereocenters. The Morgan fingerprint density at radius 3 is 2.19 bits per heavy atom.